The Morgan fingerprint density at radius 1 is 1.35 bits per heavy atom. The van der Waals surface area contributed by atoms with Crippen molar-refractivity contribution < 1.29 is 4.52 Å². The summed E-state index contributed by atoms with van der Waals surface area (Å²) in [4.78, 5) is 8.31. The first-order valence-electron chi connectivity index (χ1n) is 5.76. The van der Waals surface area contributed by atoms with Crippen LogP contribution in [0.25, 0.3) is 11.4 Å². The Balaban J connectivity index is 2.06. The van der Waals surface area contributed by atoms with Crippen molar-refractivity contribution in [2.24, 2.45) is 0 Å². The van der Waals surface area contributed by atoms with Crippen LogP contribution >= 0.6 is 0 Å². The molecule has 1 N–H and O–H groups in total. The Hall–Kier alpha value is -1.75. The number of likely N-dealkylation sites (N-methyl/N-ethyl adjacent to an activating group) is 1. The van der Waals surface area contributed by atoms with Crippen LogP contribution in [0, 0.1) is 0 Å². The maximum absolute atomic E-state index is 5.21. The van der Waals surface area contributed by atoms with Gasteiger partial charge in [0.05, 0.1) is 0 Å². The van der Waals surface area contributed by atoms with Gasteiger partial charge in [-0.3, -0.25) is 4.98 Å². The van der Waals surface area contributed by atoms with Crippen LogP contribution in [0.2, 0.25) is 0 Å². The first-order valence-corrected chi connectivity index (χ1v) is 5.76. The minimum atomic E-state index is 0.339. The molecule has 0 aromatic carbocycles. The smallest absolute Gasteiger partial charge is 0.228 e. The van der Waals surface area contributed by atoms with Crippen LogP contribution in [0.4, 0.5) is 0 Å². The van der Waals surface area contributed by atoms with E-state index in [0.29, 0.717) is 17.8 Å². The summed E-state index contributed by atoms with van der Waals surface area (Å²) in [5.74, 6) is 1.27. The van der Waals surface area contributed by atoms with Gasteiger partial charge in [-0.05, 0) is 25.6 Å². The lowest BCUT2D eigenvalue weighted by Gasteiger charge is -2.07. The zero-order chi connectivity index (χ0) is 12.1. The van der Waals surface area contributed by atoms with Crippen molar-refractivity contribution >= 4 is 0 Å². The van der Waals surface area contributed by atoms with Crippen LogP contribution in [0.1, 0.15) is 19.7 Å². The maximum Gasteiger partial charge on any atom is 0.228 e. The van der Waals surface area contributed by atoms with Gasteiger partial charge in [0.15, 0.2) is 0 Å². The first-order chi connectivity index (χ1) is 8.29. The molecule has 0 aliphatic heterocycles. The molecule has 0 saturated heterocycles. The van der Waals surface area contributed by atoms with Crippen LogP contribution in [0.15, 0.2) is 29.0 Å². The van der Waals surface area contributed by atoms with E-state index in [1.54, 1.807) is 12.4 Å². The average Bonchev–Trinajstić information content (AvgIpc) is 2.79. The summed E-state index contributed by atoms with van der Waals surface area (Å²) in [6, 6.07) is 4.07. The summed E-state index contributed by atoms with van der Waals surface area (Å²) in [5.41, 5.74) is 0.922. The molecule has 2 heterocycles. The van der Waals surface area contributed by atoms with Gasteiger partial charge in [0, 0.05) is 30.4 Å². The maximum atomic E-state index is 5.21. The van der Waals surface area contributed by atoms with Crippen molar-refractivity contribution in [3.8, 4) is 11.4 Å². The highest BCUT2D eigenvalue weighted by Gasteiger charge is 2.11. The molecule has 0 amide bonds. The predicted molar refractivity (Wildman–Crippen MR) is 64.4 cm³/mol. The second-order valence-corrected chi connectivity index (χ2v) is 3.91. The highest BCUT2D eigenvalue weighted by Crippen LogP contribution is 2.14. The van der Waals surface area contributed by atoms with E-state index in [4.69, 9.17) is 4.52 Å². The number of hydrogen-bond donors (Lipinski definition) is 1. The largest absolute Gasteiger partial charge is 0.339 e. The lowest BCUT2D eigenvalue weighted by molar-refractivity contribution is 0.363. The van der Waals surface area contributed by atoms with Crippen LogP contribution in [0.3, 0.4) is 0 Å². The molecule has 17 heavy (non-hydrogen) atoms. The third kappa shape index (κ3) is 3.10. The highest BCUT2D eigenvalue weighted by molar-refractivity contribution is 5.52. The van der Waals surface area contributed by atoms with Crippen molar-refractivity contribution in [3.05, 3.63) is 30.4 Å². The number of pyridine rings is 1. The monoisotopic (exact) mass is 232 g/mol. The minimum Gasteiger partial charge on any atom is -0.339 e. The lowest BCUT2D eigenvalue weighted by atomic mass is 10.2. The summed E-state index contributed by atoms with van der Waals surface area (Å²) < 4.78 is 5.21. The van der Waals surface area contributed by atoms with Gasteiger partial charge < -0.3 is 9.84 Å². The molecule has 90 valence electrons. The molecular formula is C12H16N4O. The van der Waals surface area contributed by atoms with Crippen molar-refractivity contribution in [1.29, 1.82) is 0 Å². The molecule has 1 unspecified atom stereocenters. The summed E-state index contributed by atoms with van der Waals surface area (Å²) in [5, 5.41) is 7.26. The van der Waals surface area contributed by atoms with E-state index < -0.39 is 0 Å². The Labute approximate surface area is 100 Å². The Kier molecular flexibility index (Phi) is 3.82. The van der Waals surface area contributed by atoms with Gasteiger partial charge in [0.25, 0.3) is 0 Å². The van der Waals surface area contributed by atoms with Gasteiger partial charge in [-0.1, -0.05) is 12.1 Å². The molecule has 5 heteroatoms. The fraction of sp³-hybridized carbons (Fsp3) is 0.417. The number of rotatable bonds is 5. The van der Waals surface area contributed by atoms with Crippen molar-refractivity contribution in [2.45, 2.75) is 26.3 Å². The Bertz CT molecular complexity index is 455. The van der Waals surface area contributed by atoms with E-state index in [1.165, 1.54) is 0 Å². The molecule has 0 spiro atoms. The van der Waals surface area contributed by atoms with Gasteiger partial charge in [-0.15, -0.1) is 0 Å². The molecule has 0 aliphatic rings. The quantitative estimate of drug-likeness (QED) is 0.849. The van der Waals surface area contributed by atoms with Gasteiger partial charge in [-0.25, -0.2) is 0 Å². The predicted octanol–water partition coefficient (Wildman–Crippen LogP) is 1.67. The molecule has 0 fully saturated rings. The first kappa shape index (κ1) is 11.7. The Morgan fingerprint density at radius 2 is 2.12 bits per heavy atom. The molecule has 0 saturated carbocycles. The summed E-state index contributed by atoms with van der Waals surface area (Å²) in [7, 11) is 0. The molecule has 2 rings (SSSR count). The third-order valence-corrected chi connectivity index (χ3v) is 2.44. The fourth-order valence-electron chi connectivity index (χ4n) is 1.64. The molecular weight excluding hydrogens is 216 g/mol. The van der Waals surface area contributed by atoms with Crippen molar-refractivity contribution in [2.75, 3.05) is 6.54 Å². The molecule has 5 nitrogen and oxygen atoms in total. The van der Waals surface area contributed by atoms with Crippen LogP contribution < -0.4 is 5.32 Å². The van der Waals surface area contributed by atoms with E-state index >= 15 is 0 Å². The molecule has 2 aromatic heterocycles. The number of nitrogens with zero attached hydrogens (tertiary/aromatic N) is 3. The van der Waals surface area contributed by atoms with Crippen LogP contribution in [-0.4, -0.2) is 27.7 Å². The van der Waals surface area contributed by atoms with Crippen LogP contribution in [-0.2, 0) is 6.42 Å². The number of hydrogen-bond acceptors (Lipinski definition) is 5. The zero-order valence-corrected chi connectivity index (χ0v) is 10.1. The topological polar surface area (TPSA) is 63.8 Å². The minimum absolute atomic E-state index is 0.339. The normalized spacial score (nSPS) is 12.6. The summed E-state index contributed by atoms with van der Waals surface area (Å²) >= 11 is 0. The third-order valence-electron chi connectivity index (χ3n) is 2.44. The van der Waals surface area contributed by atoms with E-state index in [2.05, 4.69) is 34.3 Å². The zero-order valence-electron chi connectivity index (χ0n) is 10.1. The standard InChI is InChI=1S/C12H16N4O/c1-3-14-9(2)8-11-15-12(16-17-11)10-4-6-13-7-5-10/h4-7,9,14H,3,8H2,1-2H3. The molecule has 2 aromatic rings. The molecule has 1 atom stereocenters. The average molecular weight is 232 g/mol. The second kappa shape index (κ2) is 5.54. The van der Waals surface area contributed by atoms with E-state index in [0.717, 1.165) is 18.5 Å². The molecule has 0 bridgehead atoms. The van der Waals surface area contributed by atoms with Gasteiger partial charge in [0.1, 0.15) is 0 Å². The van der Waals surface area contributed by atoms with E-state index in [1.807, 2.05) is 12.1 Å². The SMILES string of the molecule is CCNC(C)Cc1nc(-c2ccncc2)no1. The van der Waals surface area contributed by atoms with Crippen LogP contribution in [0.5, 0.6) is 0 Å². The van der Waals surface area contributed by atoms with E-state index in [-0.39, 0.29) is 0 Å². The summed E-state index contributed by atoms with van der Waals surface area (Å²) in [6.45, 7) is 5.11. The van der Waals surface area contributed by atoms with Crippen molar-refractivity contribution in [3.63, 3.8) is 0 Å². The van der Waals surface area contributed by atoms with E-state index in [9.17, 15) is 0 Å². The molecule has 0 aliphatic carbocycles. The van der Waals surface area contributed by atoms with Gasteiger partial charge >= 0.3 is 0 Å². The highest BCUT2D eigenvalue weighted by atomic mass is 16.5. The molecule has 0 radical (unpaired) electrons. The Morgan fingerprint density at radius 3 is 2.82 bits per heavy atom. The van der Waals surface area contributed by atoms with Gasteiger partial charge in [-0.2, -0.15) is 4.98 Å². The van der Waals surface area contributed by atoms with Gasteiger partial charge in [0.2, 0.25) is 11.7 Å². The lowest BCUT2D eigenvalue weighted by Crippen LogP contribution is -2.27. The number of aromatic nitrogens is 3. The van der Waals surface area contributed by atoms with Crippen molar-refractivity contribution in [1.82, 2.24) is 20.4 Å². The second-order valence-electron chi connectivity index (χ2n) is 3.91. The fourth-order valence-corrected chi connectivity index (χ4v) is 1.64. The number of nitrogens with one attached hydrogen (secondary N) is 1. The summed E-state index contributed by atoms with van der Waals surface area (Å²) in [6.07, 6.45) is 4.17.